The van der Waals surface area contributed by atoms with E-state index in [-0.39, 0.29) is 0 Å². The molecule has 0 saturated heterocycles. The molecule has 1 heterocycles. The molecule has 0 radical (unpaired) electrons. The summed E-state index contributed by atoms with van der Waals surface area (Å²) in [6, 6.07) is 1.98. The van der Waals surface area contributed by atoms with Crippen molar-refractivity contribution in [3.63, 3.8) is 0 Å². The maximum Gasteiger partial charge on any atom is 0.0606 e. The van der Waals surface area contributed by atoms with E-state index in [1.807, 2.05) is 17.8 Å². The van der Waals surface area contributed by atoms with Gasteiger partial charge in [0.2, 0.25) is 0 Å². The Morgan fingerprint density at radius 2 is 2.38 bits per heavy atom. The summed E-state index contributed by atoms with van der Waals surface area (Å²) in [5, 5.41) is 4.09. The van der Waals surface area contributed by atoms with Gasteiger partial charge in [0.15, 0.2) is 0 Å². The lowest BCUT2D eigenvalue weighted by atomic mass is 10.0. The van der Waals surface area contributed by atoms with E-state index in [2.05, 4.69) is 25.0 Å². The van der Waals surface area contributed by atoms with Crippen molar-refractivity contribution >= 4 is 17.7 Å². The van der Waals surface area contributed by atoms with Gasteiger partial charge in [0, 0.05) is 19.1 Å². The van der Waals surface area contributed by atoms with Crippen molar-refractivity contribution in [3.05, 3.63) is 23.5 Å². The maximum atomic E-state index is 5.83. The van der Waals surface area contributed by atoms with Crippen molar-refractivity contribution in [1.29, 1.82) is 0 Å². The molecule has 0 N–H and O–H groups in total. The number of allylic oxidation sites excluding steroid dienone is 1. The fraction of sp³-hybridized carbons (Fsp3) is 0.500. The third-order valence-electron chi connectivity index (χ3n) is 2.09. The van der Waals surface area contributed by atoms with Crippen LogP contribution in [0, 0.1) is 5.92 Å². The molecule has 72 valence electrons. The number of aromatic nitrogens is 2. The molecule has 0 bridgehead atoms. The predicted octanol–water partition coefficient (Wildman–Crippen LogP) is 2.70. The van der Waals surface area contributed by atoms with E-state index in [4.69, 9.17) is 11.6 Å². The van der Waals surface area contributed by atoms with Crippen LogP contribution in [-0.4, -0.2) is 15.7 Å². The van der Waals surface area contributed by atoms with E-state index in [1.165, 1.54) is 5.57 Å². The fourth-order valence-electron chi connectivity index (χ4n) is 1.08. The summed E-state index contributed by atoms with van der Waals surface area (Å²) in [7, 11) is 1.93. The van der Waals surface area contributed by atoms with Crippen molar-refractivity contribution in [3.8, 4) is 0 Å². The molecule has 0 fully saturated rings. The van der Waals surface area contributed by atoms with Crippen molar-refractivity contribution in [1.82, 2.24) is 9.78 Å². The molecule has 3 heteroatoms. The first-order valence-electron chi connectivity index (χ1n) is 4.39. The molecule has 13 heavy (non-hydrogen) atoms. The van der Waals surface area contributed by atoms with Gasteiger partial charge in [-0.15, -0.1) is 11.6 Å². The van der Waals surface area contributed by atoms with Gasteiger partial charge in [-0.1, -0.05) is 19.4 Å². The second kappa shape index (κ2) is 4.47. The molecule has 0 aliphatic heterocycles. The molecule has 0 aliphatic rings. The van der Waals surface area contributed by atoms with Gasteiger partial charge in [-0.3, -0.25) is 4.68 Å². The van der Waals surface area contributed by atoms with Crippen LogP contribution in [0.3, 0.4) is 0 Å². The topological polar surface area (TPSA) is 17.8 Å². The Balaban J connectivity index is 2.91. The summed E-state index contributed by atoms with van der Waals surface area (Å²) in [5.74, 6) is 1.08. The molecule has 0 aliphatic carbocycles. The summed E-state index contributed by atoms with van der Waals surface area (Å²) in [4.78, 5) is 0. The average Bonchev–Trinajstić information content (AvgIpc) is 2.46. The number of halogens is 1. The highest BCUT2D eigenvalue weighted by molar-refractivity contribution is 6.19. The van der Waals surface area contributed by atoms with E-state index in [9.17, 15) is 0 Å². The summed E-state index contributed by atoms with van der Waals surface area (Å²) >= 11 is 5.83. The number of rotatable bonds is 3. The molecule has 0 atom stereocenters. The molecule has 1 rings (SSSR count). The number of aryl methyl sites for hydroxylation is 1. The molecule has 0 spiro atoms. The monoisotopic (exact) mass is 198 g/mol. The van der Waals surface area contributed by atoms with Gasteiger partial charge in [-0.25, -0.2) is 0 Å². The van der Waals surface area contributed by atoms with Crippen LogP contribution in [0.5, 0.6) is 0 Å². The minimum Gasteiger partial charge on any atom is -0.269 e. The van der Waals surface area contributed by atoms with Crippen LogP contribution in [0.1, 0.15) is 19.5 Å². The Morgan fingerprint density at radius 1 is 1.69 bits per heavy atom. The molecule has 1 aromatic rings. The first-order valence-corrected chi connectivity index (χ1v) is 4.93. The summed E-state index contributed by atoms with van der Waals surface area (Å²) in [6.07, 6.45) is 3.89. The third-order valence-corrected chi connectivity index (χ3v) is 2.40. The minimum absolute atomic E-state index is 0.493. The van der Waals surface area contributed by atoms with Gasteiger partial charge >= 0.3 is 0 Å². The lowest BCUT2D eigenvalue weighted by Crippen LogP contribution is -1.98. The highest BCUT2D eigenvalue weighted by Crippen LogP contribution is 2.15. The Morgan fingerprint density at radius 3 is 2.77 bits per heavy atom. The average molecular weight is 199 g/mol. The number of nitrogens with zero attached hydrogens (tertiary/aromatic N) is 2. The SMILES string of the molecule is CC(C)/C(=C/c1ccnn1C)CCl. The van der Waals surface area contributed by atoms with Gasteiger partial charge in [-0.2, -0.15) is 5.10 Å². The van der Waals surface area contributed by atoms with E-state index >= 15 is 0 Å². The number of hydrogen-bond donors (Lipinski definition) is 0. The molecule has 1 aromatic heterocycles. The Labute approximate surface area is 84.2 Å². The first-order chi connectivity index (χ1) is 6.15. The number of hydrogen-bond acceptors (Lipinski definition) is 1. The first kappa shape index (κ1) is 10.3. The molecule has 0 saturated carbocycles. The summed E-state index contributed by atoms with van der Waals surface area (Å²) in [5.41, 5.74) is 2.34. The predicted molar refractivity (Wildman–Crippen MR) is 56.7 cm³/mol. The van der Waals surface area contributed by atoms with Crippen LogP contribution < -0.4 is 0 Å². The zero-order valence-electron chi connectivity index (χ0n) is 8.29. The van der Waals surface area contributed by atoms with Crippen molar-refractivity contribution in [2.45, 2.75) is 13.8 Å². The van der Waals surface area contributed by atoms with Gasteiger partial charge < -0.3 is 0 Å². The fourth-order valence-corrected chi connectivity index (χ4v) is 1.46. The Kier molecular flexibility index (Phi) is 3.55. The Bertz CT molecular complexity index is 300. The van der Waals surface area contributed by atoms with Crippen LogP contribution in [0.25, 0.3) is 6.08 Å². The van der Waals surface area contributed by atoms with Crippen LogP contribution in [0.4, 0.5) is 0 Å². The zero-order chi connectivity index (χ0) is 9.84. The van der Waals surface area contributed by atoms with Crippen LogP contribution in [0.2, 0.25) is 0 Å². The van der Waals surface area contributed by atoms with Crippen LogP contribution >= 0.6 is 11.6 Å². The summed E-state index contributed by atoms with van der Waals surface area (Å²) < 4.78 is 1.84. The highest BCUT2D eigenvalue weighted by Gasteiger charge is 2.03. The van der Waals surface area contributed by atoms with Crippen molar-refractivity contribution in [2.75, 3.05) is 5.88 Å². The minimum atomic E-state index is 0.493. The largest absolute Gasteiger partial charge is 0.269 e. The van der Waals surface area contributed by atoms with E-state index in [1.54, 1.807) is 6.20 Å². The van der Waals surface area contributed by atoms with Crippen molar-refractivity contribution < 1.29 is 0 Å². The third kappa shape index (κ3) is 2.59. The standard InChI is InChI=1S/C10H15ClN2/c1-8(2)9(7-11)6-10-4-5-12-13(10)3/h4-6,8H,7H2,1-3H3/b9-6+. The molecule has 0 aromatic carbocycles. The zero-order valence-corrected chi connectivity index (χ0v) is 9.04. The molecular formula is C10H15ClN2. The van der Waals surface area contributed by atoms with E-state index < -0.39 is 0 Å². The second-order valence-corrected chi connectivity index (χ2v) is 3.65. The normalized spacial score (nSPS) is 12.5. The van der Waals surface area contributed by atoms with Gasteiger partial charge in [-0.05, 0) is 18.1 Å². The molecular weight excluding hydrogens is 184 g/mol. The van der Waals surface area contributed by atoms with E-state index in [0.717, 1.165) is 5.69 Å². The molecule has 2 nitrogen and oxygen atoms in total. The quantitative estimate of drug-likeness (QED) is 0.683. The lowest BCUT2D eigenvalue weighted by molar-refractivity contribution is 0.750. The maximum absolute atomic E-state index is 5.83. The second-order valence-electron chi connectivity index (χ2n) is 3.39. The Hall–Kier alpha value is -0.760. The van der Waals surface area contributed by atoms with E-state index in [0.29, 0.717) is 11.8 Å². The van der Waals surface area contributed by atoms with Crippen molar-refractivity contribution in [2.24, 2.45) is 13.0 Å². The highest BCUT2D eigenvalue weighted by atomic mass is 35.5. The summed E-state index contributed by atoms with van der Waals surface area (Å²) in [6.45, 7) is 4.29. The smallest absolute Gasteiger partial charge is 0.0606 e. The molecule has 0 amide bonds. The molecule has 0 unspecified atom stereocenters. The van der Waals surface area contributed by atoms with Crippen LogP contribution in [-0.2, 0) is 7.05 Å². The van der Waals surface area contributed by atoms with Gasteiger partial charge in [0.25, 0.3) is 0 Å². The lowest BCUT2D eigenvalue weighted by Gasteiger charge is -2.07. The van der Waals surface area contributed by atoms with Gasteiger partial charge in [0.05, 0.1) is 5.69 Å². The van der Waals surface area contributed by atoms with Crippen LogP contribution in [0.15, 0.2) is 17.8 Å². The van der Waals surface area contributed by atoms with Gasteiger partial charge in [0.1, 0.15) is 0 Å². The number of alkyl halides is 1.